The minimum absolute atomic E-state index is 0.0263. The number of aliphatic hydroxyl groups excluding tert-OH is 1. The van der Waals surface area contributed by atoms with Crippen LogP contribution in [0.15, 0.2) is 18.2 Å². The van der Waals surface area contributed by atoms with Crippen LogP contribution in [0.5, 0.6) is 5.75 Å². The molecule has 0 aromatic heterocycles. The fourth-order valence-corrected chi connectivity index (χ4v) is 2.92. The molecule has 0 saturated heterocycles. The molecule has 0 aliphatic heterocycles. The zero-order valence-corrected chi connectivity index (χ0v) is 12.2. The standard InChI is InChI=1S/C15H22N2O4/c1-2-21-14-9-5-8-13(15(14)17(19)20)16-12-7-4-3-6-11(12)10-18/h5,8-9,11-12,16,18H,2-4,6-7,10H2,1H3. The van der Waals surface area contributed by atoms with Crippen LogP contribution in [0.2, 0.25) is 0 Å². The molecule has 2 rings (SSSR count). The number of benzene rings is 1. The first-order valence-corrected chi connectivity index (χ1v) is 7.45. The van der Waals surface area contributed by atoms with Gasteiger partial charge >= 0.3 is 5.69 Å². The van der Waals surface area contributed by atoms with Crippen molar-refractivity contribution in [2.75, 3.05) is 18.5 Å². The van der Waals surface area contributed by atoms with Gasteiger partial charge in [-0.3, -0.25) is 10.1 Å². The third-order valence-electron chi connectivity index (χ3n) is 3.97. The summed E-state index contributed by atoms with van der Waals surface area (Å²) in [5, 5.41) is 24.1. The van der Waals surface area contributed by atoms with Gasteiger partial charge in [-0.2, -0.15) is 0 Å². The highest BCUT2D eigenvalue weighted by Crippen LogP contribution is 2.37. The van der Waals surface area contributed by atoms with E-state index in [0.717, 1.165) is 25.7 Å². The van der Waals surface area contributed by atoms with Crippen molar-refractivity contribution in [1.29, 1.82) is 0 Å². The van der Waals surface area contributed by atoms with Gasteiger partial charge in [-0.25, -0.2) is 0 Å². The second-order valence-electron chi connectivity index (χ2n) is 5.32. The largest absolute Gasteiger partial charge is 0.487 e. The zero-order valence-electron chi connectivity index (χ0n) is 12.2. The summed E-state index contributed by atoms with van der Waals surface area (Å²) in [6.45, 7) is 2.29. The summed E-state index contributed by atoms with van der Waals surface area (Å²) < 4.78 is 5.35. The number of hydrogen-bond donors (Lipinski definition) is 2. The van der Waals surface area contributed by atoms with Crippen LogP contribution in [-0.4, -0.2) is 29.3 Å². The van der Waals surface area contributed by atoms with Gasteiger partial charge in [0.05, 0.1) is 11.5 Å². The highest BCUT2D eigenvalue weighted by Gasteiger charge is 2.28. The average Bonchev–Trinajstić information content (AvgIpc) is 2.48. The number of hydrogen-bond acceptors (Lipinski definition) is 5. The number of nitrogens with zero attached hydrogens (tertiary/aromatic N) is 1. The number of anilines is 1. The summed E-state index contributed by atoms with van der Waals surface area (Å²) in [5.74, 6) is 0.429. The van der Waals surface area contributed by atoms with E-state index in [4.69, 9.17) is 4.74 Å². The predicted octanol–water partition coefficient (Wildman–Crippen LogP) is 2.96. The Morgan fingerprint density at radius 1 is 1.43 bits per heavy atom. The normalized spacial score (nSPS) is 21.8. The van der Waals surface area contributed by atoms with Gasteiger partial charge in [0.15, 0.2) is 5.75 Å². The first-order chi connectivity index (χ1) is 10.2. The molecule has 0 heterocycles. The van der Waals surface area contributed by atoms with Gasteiger partial charge in [0.25, 0.3) is 0 Å². The predicted molar refractivity (Wildman–Crippen MR) is 80.7 cm³/mol. The van der Waals surface area contributed by atoms with E-state index in [1.807, 2.05) is 0 Å². The van der Waals surface area contributed by atoms with Crippen LogP contribution in [0.3, 0.4) is 0 Å². The van der Waals surface area contributed by atoms with E-state index in [0.29, 0.717) is 12.3 Å². The lowest BCUT2D eigenvalue weighted by molar-refractivity contribution is -0.385. The lowest BCUT2D eigenvalue weighted by atomic mass is 9.85. The Hall–Kier alpha value is -1.82. The highest BCUT2D eigenvalue weighted by molar-refractivity contribution is 5.68. The SMILES string of the molecule is CCOc1cccc(NC2CCCCC2CO)c1[N+](=O)[O-]. The van der Waals surface area contributed by atoms with Gasteiger partial charge in [-0.1, -0.05) is 18.9 Å². The molecule has 2 N–H and O–H groups in total. The molecule has 1 aliphatic carbocycles. The van der Waals surface area contributed by atoms with E-state index in [1.165, 1.54) is 0 Å². The van der Waals surface area contributed by atoms with Crippen molar-refractivity contribution in [3.8, 4) is 5.75 Å². The van der Waals surface area contributed by atoms with Crippen LogP contribution in [-0.2, 0) is 0 Å². The molecule has 6 heteroatoms. The molecule has 2 atom stereocenters. The quantitative estimate of drug-likeness (QED) is 0.622. The van der Waals surface area contributed by atoms with Crippen LogP contribution in [0.4, 0.5) is 11.4 Å². The Kier molecular flexibility index (Phi) is 5.38. The summed E-state index contributed by atoms with van der Waals surface area (Å²) in [5.41, 5.74) is 0.443. The van der Waals surface area contributed by atoms with Gasteiger partial charge in [0.2, 0.25) is 0 Å². The van der Waals surface area contributed by atoms with E-state index in [9.17, 15) is 15.2 Å². The number of ether oxygens (including phenoxy) is 1. The number of para-hydroxylation sites is 1. The van der Waals surface area contributed by atoms with Gasteiger partial charge in [0, 0.05) is 18.6 Å². The minimum atomic E-state index is -0.413. The lowest BCUT2D eigenvalue weighted by Crippen LogP contribution is -2.34. The molecule has 116 valence electrons. The molecule has 1 aliphatic rings. The molecule has 1 aromatic carbocycles. The highest BCUT2D eigenvalue weighted by atomic mass is 16.6. The average molecular weight is 294 g/mol. The van der Waals surface area contributed by atoms with Gasteiger partial charge < -0.3 is 15.2 Å². The van der Waals surface area contributed by atoms with Crippen LogP contribution >= 0.6 is 0 Å². The van der Waals surface area contributed by atoms with Gasteiger partial charge in [-0.15, -0.1) is 0 Å². The van der Waals surface area contributed by atoms with Crippen molar-refractivity contribution in [3.63, 3.8) is 0 Å². The summed E-state index contributed by atoms with van der Waals surface area (Å²) in [4.78, 5) is 10.9. The molecule has 0 bridgehead atoms. The number of nitro groups is 1. The molecule has 1 aromatic rings. The maximum absolute atomic E-state index is 11.3. The summed E-state index contributed by atoms with van der Waals surface area (Å²) in [6.07, 6.45) is 4.05. The van der Waals surface area contributed by atoms with Crippen LogP contribution in [0.1, 0.15) is 32.6 Å². The van der Waals surface area contributed by atoms with Crippen molar-refractivity contribution >= 4 is 11.4 Å². The molecule has 6 nitrogen and oxygen atoms in total. The van der Waals surface area contributed by atoms with E-state index < -0.39 is 4.92 Å². The number of aliphatic hydroxyl groups is 1. The molecule has 0 amide bonds. The van der Waals surface area contributed by atoms with Crippen molar-refractivity contribution in [1.82, 2.24) is 0 Å². The Labute approximate surface area is 124 Å². The Balaban J connectivity index is 2.26. The van der Waals surface area contributed by atoms with Crippen LogP contribution < -0.4 is 10.1 Å². The molecule has 1 saturated carbocycles. The summed E-state index contributed by atoms with van der Waals surface area (Å²) in [7, 11) is 0. The Morgan fingerprint density at radius 3 is 2.86 bits per heavy atom. The third-order valence-corrected chi connectivity index (χ3v) is 3.97. The first kappa shape index (κ1) is 15.6. The number of nitro benzene ring substituents is 1. The van der Waals surface area contributed by atoms with Crippen LogP contribution in [0, 0.1) is 16.0 Å². The topological polar surface area (TPSA) is 84.6 Å². The second kappa shape index (κ2) is 7.26. The summed E-state index contributed by atoms with van der Waals surface area (Å²) >= 11 is 0. The van der Waals surface area contributed by atoms with E-state index >= 15 is 0 Å². The Bertz CT molecular complexity index is 493. The van der Waals surface area contributed by atoms with E-state index in [-0.39, 0.29) is 30.0 Å². The van der Waals surface area contributed by atoms with E-state index in [2.05, 4.69) is 5.32 Å². The zero-order chi connectivity index (χ0) is 15.2. The van der Waals surface area contributed by atoms with Crippen molar-refractivity contribution in [2.24, 2.45) is 5.92 Å². The maximum Gasteiger partial charge on any atom is 0.333 e. The number of nitrogens with one attached hydrogen (secondary N) is 1. The molecule has 1 fully saturated rings. The van der Waals surface area contributed by atoms with Crippen molar-refractivity contribution in [2.45, 2.75) is 38.6 Å². The van der Waals surface area contributed by atoms with Crippen LogP contribution in [0.25, 0.3) is 0 Å². The summed E-state index contributed by atoms with van der Waals surface area (Å²) in [6, 6.07) is 5.12. The second-order valence-corrected chi connectivity index (χ2v) is 5.32. The fourth-order valence-electron chi connectivity index (χ4n) is 2.92. The van der Waals surface area contributed by atoms with Crippen molar-refractivity contribution in [3.05, 3.63) is 28.3 Å². The fraction of sp³-hybridized carbons (Fsp3) is 0.600. The monoisotopic (exact) mass is 294 g/mol. The molecule has 2 unspecified atom stereocenters. The lowest BCUT2D eigenvalue weighted by Gasteiger charge is -2.31. The number of rotatable bonds is 6. The molecule has 0 radical (unpaired) electrons. The maximum atomic E-state index is 11.3. The minimum Gasteiger partial charge on any atom is -0.487 e. The van der Waals surface area contributed by atoms with Crippen molar-refractivity contribution < 1.29 is 14.8 Å². The first-order valence-electron chi connectivity index (χ1n) is 7.45. The van der Waals surface area contributed by atoms with Gasteiger partial charge in [-0.05, 0) is 31.9 Å². The molecular weight excluding hydrogens is 272 g/mol. The van der Waals surface area contributed by atoms with E-state index in [1.54, 1.807) is 25.1 Å². The van der Waals surface area contributed by atoms with Gasteiger partial charge in [0.1, 0.15) is 5.69 Å². The Morgan fingerprint density at radius 2 is 2.19 bits per heavy atom. The molecule has 21 heavy (non-hydrogen) atoms. The molecule has 0 spiro atoms. The smallest absolute Gasteiger partial charge is 0.333 e. The molecular formula is C15H22N2O4. The third kappa shape index (κ3) is 3.64.